The zero-order chi connectivity index (χ0) is 16.0. The number of carbonyl (C=O) groups is 1. The third-order valence-corrected chi connectivity index (χ3v) is 3.73. The molecule has 0 aromatic heterocycles. The van der Waals surface area contributed by atoms with Crippen LogP contribution in [-0.4, -0.2) is 28.6 Å². The number of aliphatic hydroxyl groups is 1. The number of benzene rings is 1. The quantitative estimate of drug-likeness (QED) is 0.596. The largest absolute Gasteiger partial charge is 0.391 e. The number of nitro benzene ring substituents is 1. The summed E-state index contributed by atoms with van der Waals surface area (Å²) in [5.74, 6) is -0.277. The molecule has 0 aliphatic carbocycles. The number of aryl methyl sites for hydroxylation is 1. The molecule has 0 spiro atoms. The lowest BCUT2D eigenvalue weighted by Gasteiger charge is -2.20. The molecule has 0 aliphatic rings. The van der Waals surface area contributed by atoms with Crippen LogP contribution in [0.15, 0.2) is 18.2 Å². The molecule has 0 bridgehead atoms. The Labute approximate surface area is 124 Å². The molecule has 0 fully saturated rings. The topological polar surface area (TPSA) is 92.5 Å². The van der Waals surface area contributed by atoms with Crippen molar-refractivity contribution >= 4 is 11.6 Å². The summed E-state index contributed by atoms with van der Waals surface area (Å²) in [6.07, 6.45) is 1.07. The van der Waals surface area contributed by atoms with Gasteiger partial charge in [-0.25, -0.2) is 0 Å². The molecule has 0 saturated carbocycles. The van der Waals surface area contributed by atoms with Crippen LogP contribution in [0, 0.1) is 23.0 Å². The third kappa shape index (κ3) is 4.53. The molecule has 1 rings (SSSR count). The van der Waals surface area contributed by atoms with Crippen molar-refractivity contribution in [2.75, 3.05) is 6.54 Å². The first-order chi connectivity index (χ1) is 9.90. The lowest BCUT2D eigenvalue weighted by molar-refractivity contribution is -0.385. The first-order valence-electron chi connectivity index (χ1n) is 7.11. The molecule has 116 valence electrons. The summed E-state index contributed by atoms with van der Waals surface area (Å²) in [6, 6.07) is 4.35. The molecule has 1 aromatic carbocycles. The van der Waals surface area contributed by atoms with Crippen LogP contribution in [0.4, 0.5) is 5.69 Å². The van der Waals surface area contributed by atoms with Crippen molar-refractivity contribution in [2.45, 2.75) is 39.7 Å². The van der Waals surface area contributed by atoms with Crippen LogP contribution >= 0.6 is 0 Å². The van der Waals surface area contributed by atoms with Crippen molar-refractivity contribution < 1.29 is 14.8 Å². The Morgan fingerprint density at radius 2 is 2.00 bits per heavy atom. The van der Waals surface area contributed by atoms with E-state index in [9.17, 15) is 20.0 Å². The Balaban J connectivity index is 2.72. The fraction of sp³-hybridized carbons (Fsp3) is 0.533. The Morgan fingerprint density at radius 3 is 2.52 bits per heavy atom. The maximum Gasteiger partial charge on any atom is 0.273 e. The summed E-state index contributed by atoms with van der Waals surface area (Å²) in [6.45, 7) is 5.74. The predicted octanol–water partition coefficient (Wildman–Crippen LogP) is 2.43. The Bertz CT molecular complexity index is 512. The smallest absolute Gasteiger partial charge is 0.273 e. The highest BCUT2D eigenvalue weighted by molar-refractivity contribution is 5.95. The van der Waals surface area contributed by atoms with Crippen LogP contribution in [0.1, 0.15) is 42.6 Å². The normalized spacial score (nSPS) is 12.2. The van der Waals surface area contributed by atoms with E-state index >= 15 is 0 Å². The molecule has 1 aromatic rings. The fourth-order valence-electron chi connectivity index (χ4n) is 2.25. The number of nitrogens with zero attached hydrogens (tertiary/aromatic N) is 1. The predicted molar refractivity (Wildman–Crippen MR) is 80.2 cm³/mol. The summed E-state index contributed by atoms with van der Waals surface area (Å²) in [4.78, 5) is 22.3. The van der Waals surface area contributed by atoms with Gasteiger partial charge in [0.25, 0.3) is 11.6 Å². The van der Waals surface area contributed by atoms with E-state index in [-0.39, 0.29) is 23.7 Å². The highest BCUT2D eigenvalue weighted by atomic mass is 16.6. The average molecular weight is 294 g/mol. The maximum absolute atomic E-state index is 12.0. The zero-order valence-corrected chi connectivity index (χ0v) is 12.6. The van der Waals surface area contributed by atoms with Crippen LogP contribution < -0.4 is 5.32 Å². The molecule has 0 radical (unpaired) electrons. The van der Waals surface area contributed by atoms with Gasteiger partial charge in [0, 0.05) is 23.7 Å². The summed E-state index contributed by atoms with van der Waals surface area (Å²) in [5.41, 5.74) is 0.654. The van der Waals surface area contributed by atoms with Gasteiger partial charge < -0.3 is 10.4 Å². The van der Waals surface area contributed by atoms with Gasteiger partial charge in [-0.15, -0.1) is 0 Å². The average Bonchev–Trinajstić information content (AvgIpc) is 2.46. The van der Waals surface area contributed by atoms with E-state index in [4.69, 9.17) is 0 Å². The van der Waals surface area contributed by atoms with Gasteiger partial charge in [-0.2, -0.15) is 0 Å². The second-order valence-electron chi connectivity index (χ2n) is 5.11. The Hall–Kier alpha value is -1.95. The summed E-state index contributed by atoms with van der Waals surface area (Å²) >= 11 is 0. The summed E-state index contributed by atoms with van der Waals surface area (Å²) in [5, 5.41) is 23.5. The van der Waals surface area contributed by atoms with Gasteiger partial charge in [0.15, 0.2) is 0 Å². The van der Waals surface area contributed by atoms with Crippen molar-refractivity contribution in [1.29, 1.82) is 0 Å². The van der Waals surface area contributed by atoms with Gasteiger partial charge in [-0.3, -0.25) is 14.9 Å². The van der Waals surface area contributed by atoms with Gasteiger partial charge in [0.05, 0.1) is 11.0 Å². The molecule has 0 aliphatic heterocycles. The second kappa shape index (κ2) is 7.73. The second-order valence-corrected chi connectivity index (χ2v) is 5.11. The third-order valence-electron chi connectivity index (χ3n) is 3.73. The lowest BCUT2D eigenvalue weighted by Crippen LogP contribution is -2.36. The van der Waals surface area contributed by atoms with Crippen molar-refractivity contribution in [1.82, 2.24) is 5.32 Å². The van der Waals surface area contributed by atoms with E-state index in [2.05, 4.69) is 5.32 Å². The van der Waals surface area contributed by atoms with E-state index < -0.39 is 16.9 Å². The maximum atomic E-state index is 12.0. The van der Waals surface area contributed by atoms with Gasteiger partial charge in [0.1, 0.15) is 0 Å². The fourth-order valence-corrected chi connectivity index (χ4v) is 2.25. The van der Waals surface area contributed by atoms with Gasteiger partial charge in [-0.1, -0.05) is 32.8 Å². The highest BCUT2D eigenvalue weighted by Crippen LogP contribution is 2.19. The van der Waals surface area contributed by atoms with E-state index in [0.717, 1.165) is 12.8 Å². The first-order valence-corrected chi connectivity index (χ1v) is 7.11. The van der Waals surface area contributed by atoms with Gasteiger partial charge in [0.2, 0.25) is 0 Å². The van der Waals surface area contributed by atoms with Crippen molar-refractivity contribution in [3.8, 4) is 0 Å². The number of nitrogens with one attached hydrogen (secondary N) is 1. The molecule has 0 saturated heterocycles. The molecule has 6 heteroatoms. The first kappa shape index (κ1) is 17.1. The van der Waals surface area contributed by atoms with Crippen molar-refractivity contribution in [2.24, 2.45) is 5.92 Å². The number of rotatable bonds is 7. The van der Waals surface area contributed by atoms with Crippen LogP contribution in [0.3, 0.4) is 0 Å². The molecule has 1 unspecified atom stereocenters. The van der Waals surface area contributed by atoms with Crippen LogP contribution in [-0.2, 0) is 0 Å². The molecule has 1 atom stereocenters. The standard InChI is InChI=1S/C15H22N2O4/c1-4-11(5-2)14(18)9-16-15(19)12-7-6-10(3)13(8-12)17(20)21/h6-8,11,14,18H,4-5,9H2,1-3H3,(H,16,19). The van der Waals surface area contributed by atoms with Crippen LogP contribution in [0.5, 0.6) is 0 Å². The number of aliphatic hydroxyl groups excluding tert-OH is 1. The number of amides is 1. The van der Waals surface area contributed by atoms with Crippen LogP contribution in [0.2, 0.25) is 0 Å². The lowest BCUT2D eigenvalue weighted by atomic mass is 9.96. The minimum absolute atomic E-state index is 0.0804. The minimum Gasteiger partial charge on any atom is -0.391 e. The Kier molecular flexibility index (Phi) is 6.30. The zero-order valence-electron chi connectivity index (χ0n) is 12.6. The number of nitro groups is 1. The number of hydrogen-bond donors (Lipinski definition) is 2. The van der Waals surface area contributed by atoms with E-state index in [1.165, 1.54) is 6.07 Å². The highest BCUT2D eigenvalue weighted by Gasteiger charge is 2.18. The molecular formula is C15H22N2O4. The molecule has 6 nitrogen and oxygen atoms in total. The van der Waals surface area contributed by atoms with Crippen molar-refractivity contribution in [3.05, 3.63) is 39.4 Å². The van der Waals surface area contributed by atoms with Crippen LogP contribution in [0.25, 0.3) is 0 Å². The number of hydrogen-bond acceptors (Lipinski definition) is 4. The molecule has 2 N–H and O–H groups in total. The SMILES string of the molecule is CCC(CC)C(O)CNC(=O)c1ccc(C)c([N+](=O)[O-])c1. The number of carbonyl (C=O) groups excluding carboxylic acids is 1. The molecular weight excluding hydrogens is 272 g/mol. The minimum atomic E-state index is -0.607. The van der Waals surface area contributed by atoms with Gasteiger partial charge in [-0.05, 0) is 18.9 Å². The summed E-state index contributed by atoms with van der Waals surface area (Å²) in [7, 11) is 0. The van der Waals surface area contributed by atoms with Crippen molar-refractivity contribution in [3.63, 3.8) is 0 Å². The molecule has 1 amide bonds. The van der Waals surface area contributed by atoms with Gasteiger partial charge >= 0.3 is 0 Å². The van der Waals surface area contributed by atoms with E-state index in [1.807, 2.05) is 13.8 Å². The van der Waals surface area contributed by atoms with E-state index in [0.29, 0.717) is 5.56 Å². The Morgan fingerprint density at radius 1 is 1.38 bits per heavy atom. The molecule has 21 heavy (non-hydrogen) atoms. The summed E-state index contributed by atoms with van der Waals surface area (Å²) < 4.78 is 0. The molecule has 0 heterocycles. The monoisotopic (exact) mass is 294 g/mol. The van der Waals surface area contributed by atoms with E-state index in [1.54, 1.807) is 19.1 Å².